The number of sulfonamides is 1. The lowest BCUT2D eigenvalue weighted by atomic mass is 10.3. The van der Waals surface area contributed by atoms with Gasteiger partial charge in [0.05, 0.1) is 0 Å². The van der Waals surface area contributed by atoms with Crippen LogP contribution >= 0.6 is 11.6 Å². The van der Waals surface area contributed by atoms with Crippen molar-refractivity contribution in [2.24, 2.45) is 5.73 Å². The fraction of sp³-hybridized carbons (Fsp3) is 0.333. The molecule has 0 aromatic heterocycles. The second-order valence-corrected chi connectivity index (χ2v) is 5.29. The summed E-state index contributed by atoms with van der Waals surface area (Å²) in [7, 11) is -3.85. The Morgan fingerprint density at radius 1 is 1.44 bits per heavy atom. The minimum atomic E-state index is -3.85. The van der Waals surface area contributed by atoms with Gasteiger partial charge in [-0.1, -0.05) is 11.6 Å². The van der Waals surface area contributed by atoms with E-state index in [1.165, 1.54) is 6.07 Å². The zero-order valence-corrected chi connectivity index (χ0v) is 9.98. The molecule has 4 nitrogen and oxygen atoms in total. The molecule has 1 aromatic carbocycles. The molecule has 0 saturated carbocycles. The molecule has 3 N–H and O–H groups in total. The molecule has 0 aliphatic rings. The zero-order chi connectivity index (χ0) is 12.2. The quantitative estimate of drug-likeness (QED) is 0.784. The predicted molar refractivity (Wildman–Crippen MR) is 60.3 cm³/mol. The van der Waals surface area contributed by atoms with E-state index in [9.17, 15) is 12.8 Å². The summed E-state index contributed by atoms with van der Waals surface area (Å²) in [4.78, 5) is -0.447. The van der Waals surface area contributed by atoms with Gasteiger partial charge in [0.2, 0.25) is 10.0 Å². The van der Waals surface area contributed by atoms with Gasteiger partial charge in [-0.3, -0.25) is 0 Å². The van der Waals surface area contributed by atoms with E-state index in [4.69, 9.17) is 17.3 Å². The van der Waals surface area contributed by atoms with Crippen molar-refractivity contribution in [1.82, 2.24) is 4.72 Å². The lowest BCUT2D eigenvalue weighted by Gasteiger charge is -2.07. The topological polar surface area (TPSA) is 72.2 Å². The molecular formula is C9H12ClFN2O2S. The third kappa shape index (κ3) is 3.41. The van der Waals surface area contributed by atoms with Crippen LogP contribution in [0.25, 0.3) is 0 Å². The fourth-order valence-electron chi connectivity index (χ4n) is 1.07. The summed E-state index contributed by atoms with van der Waals surface area (Å²) in [5.41, 5.74) is 5.22. The van der Waals surface area contributed by atoms with Gasteiger partial charge in [0.15, 0.2) is 0 Å². The highest BCUT2D eigenvalue weighted by Gasteiger charge is 2.18. The molecule has 0 amide bonds. The second-order valence-electron chi connectivity index (χ2n) is 3.11. The maximum atomic E-state index is 13.3. The highest BCUT2D eigenvalue weighted by atomic mass is 35.5. The van der Waals surface area contributed by atoms with Gasteiger partial charge in [-0.25, -0.2) is 17.5 Å². The fourth-order valence-corrected chi connectivity index (χ4v) is 2.48. The molecule has 0 fully saturated rings. The van der Waals surface area contributed by atoms with E-state index < -0.39 is 20.7 Å². The predicted octanol–water partition coefficient (Wildman–Crippen LogP) is 1.11. The van der Waals surface area contributed by atoms with Crippen LogP contribution in [0.5, 0.6) is 0 Å². The zero-order valence-electron chi connectivity index (χ0n) is 8.41. The van der Waals surface area contributed by atoms with E-state index in [2.05, 4.69) is 4.72 Å². The molecule has 90 valence electrons. The summed E-state index contributed by atoms with van der Waals surface area (Å²) >= 11 is 5.61. The second kappa shape index (κ2) is 5.58. The summed E-state index contributed by atoms with van der Waals surface area (Å²) < 4.78 is 38.8. The van der Waals surface area contributed by atoms with Crippen molar-refractivity contribution >= 4 is 21.6 Å². The molecule has 0 aliphatic heterocycles. The SMILES string of the molecule is NCCCNS(=O)(=O)c1cc(Cl)ccc1F. The summed E-state index contributed by atoms with van der Waals surface area (Å²) in [6.07, 6.45) is 0.488. The van der Waals surface area contributed by atoms with Crippen molar-refractivity contribution in [1.29, 1.82) is 0 Å². The third-order valence-corrected chi connectivity index (χ3v) is 3.57. The molecule has 0 spiro atoms. The Bertz CT molecular complexity index is 465. The van der Waals surface area contributed by atoms with Crippen molar-refractivity contribution in [2.45, 2.75) is 11.3 Å². The van der Waals surface area contributed by atoms with Crippen LogP contribution in [-0.2, 0) is 10.0 Å². The molecule has 0 heterocycles. The number of nitrogens with two attached hydrogens (primary N) is 1. The van der Waals surface area contributed by atoms with Gasteiger partial charge in [0.25, 0.3) is 0 Å². The van der Waals surface area contributed by atoms with Crippen LogP contribution in [0.2, 0.25) is 5.02 Å². The van der Waals surface area contributed by atoms with Crippen molar-refractivity contribution in [3.05, 3.63) is 29.0 Å². The lowest BCUT2D eigenvalue weighted by Crippen LogP contribution is -2.27. The van der Waals surface area contributed by atoms with E-state index in [1.807, 2.05) is 0 Å². The summed E-state index contributed by atoms with van der Waals surface area (Å²) in [5, 5.41) is 0.167. The van der Waals surface area contributed by atoms with Gasteiger partial charge >= 0.3 is 0 Å². The third-order valence-electron chi connectivity index (χ3n) is 1.86. The van der Waals surface area contributed by atoms with Crippen LogP contribution in [-0.4, -0.2) is 21.5 Å². The number of nitrogens with one attached hydrogen (secondary N) is 1. The number of halogens is 2. The molecule has 7 heteroatoms. The van der Waals surface area contributed by atoms with Crippen LogP contribution in [0.15, 0.2) is 23.1 Å². The number of hydrogen-bond acceptors (Lipinski definition) is 3. The minimum Gasteiger partial charge on any atom is -0.330 e. The Hall–Kier alpha value is -0.690. The molecule has 0 aliphatic carbocycles. The van der Waals surface area contributed by atoms with Gasteiger partial charge in [0.1, 0.15) is 10.7 Å². The van der Waals surface area contributed by atoms with E-state index in [-0.39, 0.29) is 11.6 Å². The first-order valence-corrected chi connectivity index (χ1v) is 6.48. The Balaban J connectivity index is 2.93. The Kier molecular flexibility index (Phi) is 4.67. The first kappa shape index (κ1) is 13.4. The number of rotatable bonds is 5. The normalized spacial score (nSPS) is 11.7. The first-order chi connectivity index (χ1) is 7.47. The Morgan fingerprint density at radius 2 is 2.12 bits per heavy atom. The first-order valence-electron chi connectivity index (χ1n) is 4.62. The van der Waals surface area contributed by atoms with Crippen molar-refractivity contribution < 1.29 is 12.8 Å². The molecule has 0 radical (unpaired) electrons. The minimum absolute atomic E-state index is 0.167. The molecule has 1 aromatic rings. The maximum absolute atomic E-state index is 13.3. The Morgan fingerprint density at radius 3 is 2.75 bits per heavy atom. The summed E-state index contributed by atoms with van der Waals surface area (Å²) in [5.74, 6) is -0.829. The molecule has 0 bridgehead atoms. The van der Waals surface area contributed by atoms with E-state index in [0.717, 1.165) is 12.1 Å². The smallest absolute Gasteiger partial charge is 0.243 e. The van der Waals surface area contributed by atoms with Gasteiger partial charge in [-0.2, -0.15) is 0 Å². The molecule has 1 rings (SSSR count). The van der Waals surface area contributed by atoms with Crippen molar-refractivity contribution in [3.63, 3.8) is 0 Å². The van der Waals surface area contributed by atoms with E-state index >= 15 is 0 Å². The highest BCUT2D eigenvalue weighted by molar-refractivity contribution is 7.89. The Labute approximate surface area is 98.6 Å². The average molecular weight is 267 g/mol. The van der Waals surface area contributed by atoms with Crippen LogP contribution in [0.1, 0.15) is 6.42 Å². The van der Waals surface area contributed by atoms with Crippen LogP contribution < -0.4 is 10.5 Å². The van der Waals surface area contributed by atoms with Crippen LogP contribution in [0, 0.1) is 5.82 Å². The van der Waals surface area contributed by atoms with Gasteiger partial charge in [-0.15, -0.1) is 0 Å². The van der Waals surface area contributed by atoms with Crippen LogP contribution in [0.4, 0.5) is 4.39 Å². The number of hydrogen-bond donors (Lipinski definition) is 2. The molecule has 0 unspecified atom stereocenters. The van der Waals surface area contributed by atoms with Crippen molar-refractivity contribution in [3.8, 4) is 0 Å². The maximum Gasteiger partial charge on any atom is 0.243 e. The molecule has 0 saturated heterocycles. The molecular weight excluding hydrogens is 255 g/mol. The largest absolute Gasteiger partial charge is 0.330 e. The number of benzene rings is 1. The van der Waals surface area contributed by atoms with Gasteiger partial charge < -0.3 is 5.73 Å². The van der Waals surface area contributed by atoms with Gasteiger partial charge in [0, 0.05) is 11.6 Å². The molecule has 16 heavy (non-hydrogen) atoms. The molecule has 0 atom stereocenters. The summed E-state index contributed by atoms with van der Waals surface area (Å²) in [6, 6.07) is 3.37. The summed E-state index contributed by atoms with van der Waals surface area (Å²) in [6.45, 7) is 0.533. The average Bonchev–Trinajstić information content (AvgIpc) is 2.22. The lowest BCUT2D eigenvalue weighted by molar-refractivity contribution is 0.556. The highest BCUT2D eigenvalue weighted by Crippen LogP contribution is 2.19. The van der Waals surface area contributed by atoms with E-state index in [1.54, 1.807) is 0 Å². The standard InChI is InChI=1S/C9H12ClFN2O2S/c10-7-2-3-8(11)9(6-7)16(14,15)13-5-1-4-12/h2-3,6,13H,1,4-5,12H2. The van der Waals surface area contributed by atoms with E-state index in [0.29, 0.717) is 13.0 Å². The van der Waals surface area contributed by atoms with Crippen molar-refractivity contribution in [2.75, 3.05) is 13.1 Å². The van der Waals surface area contributed by atoms with Crippen LogP contribution in [0.3, 0.4) is 0 Å². The monoisotopic (exact) mass is 266 g/mol. The van der Waals surface area contributed by atoms with Gasteiger partial charge in [-0.05, 0) is 31.2 Å².